The van der Waals surface area contributed by atoms with Crippen LogP contribution in [0.4, 0.5) is 0 Å². The van der Waals surface area contributed by atoms with E-state index >= 15 is 0 Å². The average Bonchev–Trinajstić information content (AvgIpc) is 2.78. The number of nitrogens with zero attached hydrogens (tertiary/aromatic N) is 4. The molecule has 4 aromatic heterocycles. The van der Waals surface area contributed by atoms with Crippen molar-refractivity contribution in [3.63, 3.8) is 0 Å². The van der Waals surface area contributed by atoms with Crippen LogP contribution in [0.1, 0.15) is 22.3 Å². The van der Waals surface area contributed by atoms with Crippen LogP contribution in [-0.4, -0.2) is 19.9 Å². The molecule has 4 nitrogen and oxygen atoms in total. The van der Waals surface area contributed by atoms with E-state index in [4.69, 9.17) is 20.3 Å². The second-order valence-electron chi connectivity index (χ2n) is 6.15. The molecule has 0 aromatic carbocycles. The summed E-state index contributed by atoms with van der Waals surface area (Å²) in [5.74, 6) is 0. The number of rotatable bonds is 0. The van der Waals surface area contributed by atoms with Gasteiger partial charge in [-0.2, -0.15) is 0 Å². The Bertz CT molecular complexity index is 722. The third-order valence-corrected chi connectivity index (χ3v) is 3.39. The maximum absolute atomic E-state index is 4.73. The zero-order valence-electron chi connectivity index (χ0n) is 18.5. The molecule has 4 heterocycles. The van der Waals surface area contributed by atoms with Crippen LogP contribution in [-0.2, 0) is 12.9 Å². The SMILES string of the molecule is Cc1ccncc1.Cc1ccncc1.Cc1ccncc1.Cc1ccncc1.[Cl-].[Cl][Co+][Cl]. The van der Waals surface area contributed by atoms with Gasteiger partial charge in [0.2, 0.25) is 0 Å². The Hall–Kier alpha value is -2.02. The fraction of sp³-hybridized carbons (Fsp3) is 0.167. The molecule has 0 atom stereocenters. The third kappa shape index (κ3) is 22.7. The van der Waals surface area contributed by atoms with Crippen molar-refractivity contribution in [1.29, 1.82) is 0 Å². The average molecular weight is 538 g/mol. The topological polar surface area (TPSA) is 51.6 Å². The van der Waals surface area contributed by atoms with Crippen LogP contribution in [0.3, 0.4) is 0 Å². The van der Waals surface area contributed by atoms with Crippen molar-refractivity contribution in [2.75, 3.05) is 0 Å². The summed E-state index contributed by atoms with van der Waals surface area (Å²) in [4.78, 5) is 15.4. The number of aromatic nitrogens is 4. The molecule has 0 bridgehead atoms. The van der Waals surface area contributed by atoms with Crippen molar-refractivity contribution in [3.8, 4) is 0 Å². The van der Waals surface area contributed by atoms with Crippen molar-refractivity contribution in [2.24, 2.45) is 0 Å². The minimum absolute atomic E-state index is 0. The van der Waals surface area contributed by atoms with Crippen molar-refractivity contribution >= 4 is 20.3 Å². The number of aryl methyl sites for hydroxylation is 4. The summed E-state index contributed by atoms with van der Waals surface area (Å²) in [5.41, 5.74) is 5.04. The van der Waals surface area contributed by atoms with Gasteiger partial charge in [0, 0.05) is 49.6 Å². The van der Waals surface area contributed by atoms with Crippen LogP contribution in [0, 0.1) is 27.7 Å². The van der Waals surface area contributed by atoms with Gasteiger partial charge in [0.25, 0.3) is 0 Å². The fourth-order valence-electron chi connectivity index (χ4n) is 1.71. The molecule has 8 heteroatoms. The molecule has 0 aliphatic heterocycles. The minimum atomic E-state index is 0. The van der Waals surface area contributed by atoms with E-state index in [9.17, 15) is 0 Å². The van der Waals surface area contributed by atoms with Crippen LogP contribution < -0.4 is 12.4 Å². The van der Waals surface area contributed by atoms with Crippen LogP contribution in [0.5, 0.6) is 0 Å². The summed E-state index contributed by atoms with van der Waals surface area (Å²) < 4.78 is 0. The molecular weight excluding hydrogens is 510 g/mol. The quantitative estimate of drug-likeness (QED) is 0.341. The van der Waals surface area contributed by atoms with Crippen molar-refractivity contribution in [2.45, 2.75) is 27.7 Å². The Morgan fingerprint density at radius 2 is 0.562 bits per heavy atom. The van der Waals surface area contributed by atoms with Gasteiger partial charge in [-0.1, -0.05) is 0 Å². The van der Waals surface area contributed by atoms with Gasteiger partial charge < -0.3 is 12.4 Å². The molecule has 0 saturated carbocycles. The second-order valence-corrected chi connectivity index (χ2v) is 7.87. The normalized spacial score (nSPS) is 8.31. The van der Waals surface area contributed by atoms with Gasteiger partial charge >= 0.3 is 33.2 Å². The Morgan fingerprint density at radius 1 is 0.438 bits per heavy atom. The van der Waals surface area contributed by atoms with Crippen molar-refractivity contribution in [3.05, 3.63) is 120 Å². The molecule has 0 radical (unpaired) electrons. The molecule has 0 aliphatic rings. The molecule has 0 unspecified atom stereocenters. The monoisotopic (exact) mass is 536 g/mol. The summed E-state index contributed by atoms with van der Waals surface area (Å²) in [6.45, 7) is 8.17. The van der Waals surface area contributed by atoms with Gasteiger partial charge in [0.1, 0.15) is 0 Å². The summed E-state index contributed by atoms with van der Waals surface area (Å²) in [6.07, 6.45) is 14.3. The zero-order valence-corrected chi connectivity index (χ0v) is 21.8. The standard InChI is InChI=1S/4C6H7N.3ClH.Co/c4*1-6-2-4-7-5-3-6;;;;/h4*2-5H,1H3;3*1H;/q;;;;;;;+3/p-3. The third-order valence-electron chi connectivity index (χ3n) is 3.39. The summed E-state index contributed by atoms with van der Waals surface area (Å²) >= 11 is 0.382. The molecule has 32 heavy (non-hydrogen) atoms. The summed E-state index contributed by atoms with van der Waals surface area (Å²) in [5, 5.41) is 0. The second kappa shape index (κ2) is 23.6. The van der Waals surface area contributed by atoms with E-state index in [1.165, 1.54) is 22.3 Å². The molecule has 0 spiro atoms. The maximum atomic E-state index is 4.73. The van der Waals surface area contributed by atoms with E-state index < -0.39 is 0 Å². The van der Waals surface area contributed by atoms with E-state index in [-0.39, 0.29) is 12.4 Å². The fourth-order valence-corrected chi connectivity index (χ4v) is 1.71. The van der Waals surface area contributed by atoms with E-state index in [1.807, 2.05) is 76.2 Å². The number of halogens is 3. The first-order chi connectivity index (χ1) is 15.0. The number of hydrogen-bond donors (Lipinski definition) is 0. The van der Waals surface area contributed by atoms with Gasteiger partial charge in [-0.25, -0.2) is 0 Å². The first-order valence-corrected chi connectivity index (χ1v) is 12.2. The summed E-state index contributed by atoms with van der Waals surface area (Å²) in [6, 6.07) is 15.8. The van der Waals surface area contributed by atoms with E-state index in [2.05, 4.69) is 19.9 Å². The molecule has 174 valence electrons. The predicted molar refractivity (Wildman–Crippen MR) is 128 cm³/mol. The van der Waals surface area contributed by atoms with Gasteiger partial charge in [0.05, 0.1) is 0 Å². The van der Waals surface area contributed by atoms with Crippen molar-refractivity contribution < 1.29 is 25.3 Å². The molecular formula is C24H28Cl3CoN4. The predicted octanol–water partition coefficient (Wildman–Crippen LogP) is 3.94. The first-order valence-electron chi connectivity index (χ1n) is 9.29. The Labute approximate surface area is 212 Å². The van der Waals surface area contributed by atoms with Gasteiger partial charge in [-0.3, -0.25) is 19.9 Å². The summed E-state index contributed by atoms with van der Waals surface area (Å²) in [7, 11) is 9.47. The molecule has 0 saturated heterocycles. The molecule has 0 amide bonds. The number of hydrogen-bond acceptors (Lipinski definition) is 4. The van der Waals surface area contributed by atoms with Crippen LogP contribution in [0.15, 0.2) is 98.1 Å². The Kier molecular flexibility index (Phi) is 23.8. The molecule has 0 fully saturated rings. The van der Waals surface area contributed by atoms with Crippen LogP contribution in [0.2, 0.25) is 0 Å². The number of pyridine rings is 4. The Balaban J connectivity index is 0. The molecule has 4 aromatic rings. The van der Waals surface area contributed by atoms with E-state index in [1.54, 1.807) is 49.6 Å². The van der Waals surface area contributed by atoms with Gasteiger partial charge in [-0.05, 0) is 98.5 Å². The molecule has 4 rings (SSSR count). The van der Waals surface area contributed by atoms with Crippen LogP contribution >= 0.6 is 20.3 Å². The van der Waals surface area contributed by atoms with Gasteiger partial charge in [0.15, 0.2) is 0 Å². The molecule has 0 aliphatic carbocycles. The van der Waals surface area contributed by atoms with Crippen molar-refractivity contribution in [1.82, 2.24) is 19.9 Å². The zero-order chi connectivity index (χ0) is 23.2. The van der Waals surface area contributed by atoms with E-state index in [0.29, 0.717) is 12.9 Å². The molecule has 0 N–H and O–H groups in total. The van der Waals surface area contributed by atoms with Crippen LogP contribution in [0.25, 0.3) is 0 Å². The van der Waals surface area contributed by atoms with E-state index in [0.717, 1.165) is 0 Å². The first kappa shape index (κ1) is 32.2. The van der Waals surface area contributed by atoms with Gasteiger partial charge in [-0.15, -0.1) is 0 Å². The Morgan fingerprint density at radius 3 is 0.625 bits per heavy atom.